The number of hydrogen-bond acceptors (Lipinski definition) is 4. The maximum atomic E-state index is 11.8. The maximum Gasteiger partial charge on any atom is 0.276 e. The van der Waals surface area contributed by atoms with E-state index in [1.807, 2.05) is 24.3 Å². The summed E-state index contributed by atoms with van der Waals surface area (Å²) in [5.41, 5.74) is 1.25. The third kappa shape index (κ3) is 4.67. The van der Waals surface area contributed by atoms with E-state index in [4.69, 9.17) is 4.74 Å². The summed E-state index contributed by atoms with van der Waals surface area (Å²) in [5, 5.41) is 13.6. The van der Waals surface area contributed by atoms with Crippen molar-refractivity contribution >= 4 is 17.7 Å². The fourth-order valence-corrected chi connectivity index (χ4v) is 1.99. The van der Waals surface area contributed by atoms with Gasteiger partial charge >= 0.3 is 0 Å². The van der Waals surface area contributed by atoms with Crippen LogP contribution in [0.4, 0.5) is 5.69 Å². The van der Waals surface area contributed by atoms with E-state index in [9.17, 15) is 14.9 Å². The van der Waals surface area contributed by atoms with E-state index >= 15 is 0 Å². The van der Waals surface area contributed by atoms with Gasteiger partial charge in [-0.3, -0.25) is 14.9 Å². The summed E-state index contributed by atoms with van der Waals surface area (Å²) >= 11 is 0. The van der Waals surface area contributed by atoms with Crippen molar-refractivity contribution in [3.05, 3.63) is 75.8 Å². The van der Waals surface area contributed by atoms with E-state index in [0.29, 0.717) is 17.9 Å². The van der Waals surface area contributed by atoms with Crippen molar-refractivity contribution in [3.63, 3.8) is 0 Å². The molecule has 0 heterocycles. The quantitative estimate of drug-likeness (QED) is 0.505. The molecule has 118 valence electrons. The lowest BCUT2D eigenvalue weighted by atomic mass is 10.1. The molecule has 0 bridgehead atoms. The van der Waals surface area contributed by atoms with Crippen LogP contribution in [0.25, 0.3) is 6.08 Å². The van der Waals surface area contributed by atoms with E-state index < -0.39 is 4.92 Å². The van der Waals surface area contributed by atoms with Gasteiger partial charge in [-0.2, -0.15) is 0 Å². The van der Waals surface area contributed by atoms with Crippen molar-refractivity contribution in [2.24, 2.45) is 0 Å². The number of nitro groups is 1. The molecule has 0 spiro atoms. The molecule has 0 saturated carbocycles. The zero-order valence-electron chi connectivity index (χ0n) is 12.6. The van der Waals surface area contributed by atoms with Crippen LogP contribution in [0.2, 0.25) is 0 Å². The summed E-state index contributed by atoms with van der Waals surface area (Å²) in [5.74, 6) is 0.387. The van der Waals surface area contributed by atoms with Gasteiger partial charge in [-0.05, 0) is 29.8 Å². The lowest BCUT2D eigenvalue weighted by Gasteiger charge is -2.05. The topological polar surface area (TPSA) is 81.5 Å². The second-order valence-corrected chi connectivity index (χ2v) is 4.72. The predicted molar refractivity (Wildman–Crippen MR) is 87.0 cm³/mol. The zero-order valence-corrected chi connectivity index (χ0v) is 12.6. The number of ether oxygens (including phenoxy) is 1. The molecule has 2 aromatic rings. The second-order valence-electron chi connectivity index (χ2n) is 4.72. The van der Waals surface area contributed by atoms with Crippen LogP contribution in [0.5, 0.6) is 5.75 Å². The fraction of sp³-hybridized carbons (Fsp3) is 0.118. The van der Waals surface area contributed by atoms with Crippen molar-refractivity contribution in [1.82, 2.24) is 5.32 Å². The summed E-state index contributed by atoms with van der Waals surface area (Å²) in [4.78, 5) is 22.2. The highest BCUT2D eigenvalue weighted by atomic mass is 16.6. The average Bonchev–Trinajstić information content (AvgIpc) is 2.58. The number of carbonyl (C=O) groups excluding carboxylic acids is 1. The molecule has 0 aliphatic carbocycles. The number of nitro benzene ring substituents is 1. The number of benzene rings is 2. The first-order chi connectivity index (χ1) is 11.1. The minimum atomic E-state index is -0.478. The molecule has 6 heteroatoms. The van der Waals surface area contributed by atoms with Gasteiger partial charge in [-0.1, -0.05) is 24.3 Å². The van der Waals surface area contributed by atoms with Gasteiger partial charge in [0.2, 0.25) is 5.91 Å². The molecular formula is C17H16N2O4. The molecule has 0 atom stereocenters. The van der Waals surface area contributed by atoms with Gasteiger partial charge in [0.25, 0.3) is 5.69 Å². The number of rotatable bonds is 6. The van der Waals surface area contributed by atoms with E-state index in [-0.39, 0.29) is 11.6 Å². The van der Waals surface area contributed by atoms with Crippen LogP contribution in [0.15, 0.2) is 54.6 Å². The highest BCUT2D eigenvalue weighted by molar-refractivity contribution is 5.92. The summed E-state index contributed by atoms with van der Waals surface area (Å²) in [6.07, 6.45) is 2.71. The van der Waals surface area contributed by atoms with Crippen LogP contribution in [0, 0.1) is 10.1 Å². The molecule has 0 fully saturated rings. The summed E-state index contributed by atoms with van der Waals surface area (Å²) in [7, 11) is 1.58. The van der Waals surface area contributed by atoms with Crippen molar-refractivity contribution in [3.8, 4) is 5.75 Å². The lowest BCUT2D eigenvalue weighted by Crippen LogP contribution is -2.20. The summed E-state index contributed by atoms with van der Waals surface area (Å²) in [6.45, 7) is 0.345. The highest BCUT2D eigenvalue weighted by Gasteiger charge is 2.09. The molecular weight excluding hydrogens is 296 g/mol. The monoisotopic (exact) mass is 312 g/mol. The van der Waals surface area contributed by atoms with Crippen LogP contribution in [0.1, 0.15) is 11.1 Å². The number of methoxy groups -OCH3 is 1. The molecule has 0 unspecified atom stereocenters. The summed E-state index contributed by atoms with van der Waals surface area (Å²) < 4.78 is 5.11. The molecule has 1 N–H and O–H groups in total. The number of nitrogens with one attached hydrogen (secondary N) is 1. The fourth-order valence-electron chi connectivity index (χ4n) is 1.99. The van der Waals surface area contributed by atoms with Crippen LogP contribution in [-0.2, 0) is 11.3 Å². The normalized spacial score (nSPS) is 10.5. The van der Waals surface area contributed by atoms with Crippen molar-refractivity contribution in [2.45, 2.75) is 6.54 Å². The van der Waals surface area contributed by atoms with Gasteiger partial charge < -0.3 is 10.1 Å². The SMILES string of the molecule is COc1cccc(CNC(=O)/C=C/c2ccccc2[N+](=O)[O-])c1. The third-order valence-electron chi connectivity index (χ3n) is 3.15. The number of amides is 1. The Balaban J connectivity index is 1.98. The Bertz CT molecular complexity index is 741. The predicted octanol–water partition coefficient (Wildman–Crippen LogP) is 2.93. The standard InChI is InChI=1S/C17H16N2O4/c1-23-15-7-4-5-13(11-15)12-18-17(20)10-9-14-6-2-3-8-16(14)19(21)22/h2-11H,12H2,1H3,(H,18,20)/b10-9+. The van der Waals surface area contributed by atoms with Crippen LogP contribution in [-0.4, -0.2) is 17.9 Å². The molecule has 2 rings (SSSR count). The minimum Gasteiger partial charge on any atom is -0.497 e. The Morgan fingerprint density at radius 3 is 2.78 bits per heavy atom. The molecule has 0 aromatic heterocycles. The number of para-hydroxylation sites is 1. The Morgan fingerprint density at radius 1 is 1.26 bits per heavy atom. The number of carbonyl (C=O) groups is 1. The van der Waals surface area contributed by atoms with Crippen LogP contribution in [0.3, 0.4) is 0 Å². The Morgan fingerprint density at radius 2 is 2.04 bits per heavy atom. The first kappa shape index (κ1) is 16.2. The third-order valence-corrected chi connectivity index (χ3v) is 3.15. The summed E-state index contributed by atoms with van der Waals surface area (Å²) in [6, 6.07) is 13.6. The number of hydrogen-bond donors (Lipinski definition) is 1. The van der Waals surface area contributed by atoms with E-state index in [1.54, 1.807) is 25.3 Å². The Labute approximate surface area is 133 Å². The molecule has 1 amide bonds. The maximum absolute atomic E-state index is 11.8. The van der Waals surface area contributed by atoms with Crippen molar-refractivity contribution < 1.29 is 14.5 Å². The van der Waals surface area contributed by atoms with Crippen LogP contribution < -0.4 is 10.1 Å². The number of nitrogens with zero attached hydrogens (tertiary/aromatic N) is 1. The zero-order chi connectivity index (χ0) is 16.7. The Kier molecular flexibility index (Phi) is 5.46. The molecule has 0 aliphatic heterocycles. The van der Waals surface area contributed by atoms with E-state index in [2.05, 4.69) is 5.32 Å². The molecule has 0 radical (unpaired) electrons. The average molecular weight is 312 g/mol. The molecule has 6 nitrogen and oxygen atoms in total. The van der Waals surface area contributed by atoms with Crippen molar-refractivity contribution in [2.75, 3.05) is 7.11 Å². The highest BCUT2D eigenvalue weighted by Crippen LogP contribution is 2.18. The minimum absolute atomic E-state index is 0.0376. The Hall–Kier alpha value is -3.15. The second kappa shape index (κ2) is 7.74. The van der Waals surface area contributed by atoms with Gasteiger partial charge in [0.05, 0.1) is 17.6 Å². The molecule has 0 saturated heterocycles. The van der Waals surface area contributed by atoms with Crippen molar-refractivity contribution in [1.29, 1.82) is 0 Å². The van der Waals surface area contributed by atoms with E-state index in [0.717, 1.165) is 5.56 Å². The van der Waals surface area contributed by atoms with Gasteiger partial charge in [-0.25, -0.2) is 0 Å². The van der Waals surface area contributed by atoms with Gasteiger partial charge in [0, 0.05) is 18.7 Å². The molecule has 0 aliphatic rings. The smallest absolute Gasteiger partial charge is 0.276 e. The molecule has 23 heavy (non-hydrogen) atoms. The van der Waals surface area contributed by atoms with E-state index in [1.165, 1.54) is 18.2 Å². The van der Waals surface area contributed by atoms with Crippen LogP contribution >= 0.6 is 0 Å². The largest absolute Gasteiger partial charge is 0.497 e. The van der Waals surface area contributed by atoms with Gasteiger partial charge in [0.1, 0.15) is 5.75 Å². The van der Waals surface area contributed by atoms with Gasteiger partial charge in [-0.15, -0.1) is 0 Å². The first-order valence-corrected chi connectivity index (χ1v) is 6.92. The first-order valence-electron chi connectivity index (χ1n) is 6.92. The van der Waals surface area contributed by atoms with Gasteiger partial charge in [0.15, 0.2) is 0 Å². The lowest BCUT2D eigenvalue weighted by molar-refractivity contribution is -0.385. The molecule has 2 aromatic carbocycles.